The fraction of sp³-hybridized carbons (Fsp3) is 0.308. The molecule has 0 fully saturated rings. The summed E-state index contributed by atoms with van der Waals surface area (Å²) < 4.78 is 0. The van der Waals surface area contributed by atoms with E-state index >= 15 is 0 Å². The second-order valence-electron chi connectivity index (χ2n) is 3.82. The molecular formula is C13H17NO. The van der Waals surface area contributed by atoms with Crippen molar-refractivity contribution in [1.82, 2.24) is 0 Å². The lowest BCUT2D eigenvalue weighted by molar-refractivity contribution is 0.104. The minimum absolute atomic E-state index is 0.0642. The lowest BCUT2D eigenvalue weighted by Gasteiger charge is -2.00. The van der Waals surface area contributed by atoms with Gasteiger partial charge in [-0.25, -0.2) is 0 Å². The van der Waals surface area contributed by atoms with Gasteiger partial charge in [-0.1, -0.05) is 29.8 Å². The van der Waals surface area contributed by atoms with Crippen LogP contribution in [0.25, 0.3) is 0 Å². The van der Waals surface area contributed by atoms with E-state index in [1.54, 1.807) is 6.08 Å². The predicted molar refractivity (Wildman–Crippen MR) is 63.0 cm³/mol. The molecule has 0 bridgehead atoms. The third-order valence-corrected chi connectivity index (χ3v) is 2.09. The third-order valence-electron chi connectivity index (χ3n) is 2.09. The Morgan fingerprint density at radius 2 is 1.87 bits per heavy atom. The summed E-state index contributed by atoms with van der Waals surface area (Å²) in [7, 11) is 0. The molecule has 2 N–H and O–H groups in total. The number of rotatable bonds is 4. The predicted octanol–water partition coefficient (Wildman–Crippen LogP) is 2.34. The van der Waals surface area contributed by atoms with Gasteiger partial charge in [0.15, 0.2) is 5.78 Å². The van der Waals surface area contributed by atoms with E-state index in [1.165, 1.54) is 5.56 Å². The number of benzene rings is 1. The molecule has 1 aromatic carbocycles. The van der Waals surface area contributed by atoms with E-state index in [-0.39, 0.29) is 5.78 Å². The summed E-state index contributed by atoms with van der Waals surface area (Å²) in [6.07, 6.45) is 2.51. The molecule has 2 heteroatoms. The van der Waals surface area contributed by atoms with E-state index in [0.29, 0.717) is 6.54 Å². The van der Waals surface area contributed by atoms with E-state index in [9.17, 15) is 4.79 Å². The summed E-state index contributed by atoms with van der Waals surface area (Å²) >= 11 is 0. The number of carbonyl (C=O) groups is 1. The Kier molecular flexibility index (Phi) is 4.25. The average Bonchev–Trinajstić information content (AvgIpc) is 2.18. The molecule has 15 heavy (non-hydrogen) atoms. The quantitative estimate of drug-likeness (QED) is 0.603. The molecule has 0 saturated heterocycles. The normalized spacial score (nSPS) is 9.80. The topological polar surface area (TPSA) is 43.1 Å². The molecule has 2 nitrogen and oxygen atoms in total. The van der Waals surface area contributed by atoms with Crippen molar-refractivity contribution in [2.45, 2.75) is 20.3 Å². The molecule has 0 aliphatic rings. The van der Waals surface area contributed by atoms with Crippen LogP contribution in [0.5, 0.6) is 0 Å². The first-order valence-electron chi connectivity index (χ1n) is 5.11. The zero-order valence-corrected chi connectivity index (χ0v) is 9.29. The molecule has 0 unspecified atom stereocenters. The summed E-state index contributed by atoms with van der Waals surface area (Å²) in [6.45, 7) is 4.47. The first-order valence-corrected chi connectivity index (χ1v) is 5.11. The highest BCUT2D eigenvalue weighted by Gasteiger charge is 2.01. The molecule has 0 atom stereocenters. The largest absolute Gasteiger partial charge is 0.330 e. The maximum Gasteiger partial charge on any atom is 0.185 e. The van der Waals surface area contributed by atoms with Crippen LogP contribution in [0.1, 0.15) is 29.8 Å². The summed E-state index contributed by atoms with van der Waals surface area (Å²) in [6, 6.07) is 7.62. The fourth-order valence-electron chi connectivity index (χ4n) is 1.35. The second kappa shape index (κ2) is 5.47. The van der Waals surface area contributed by atoms with Crippen LogP contribution >= 0.6 is 0 Å². The highest BCUT2D eigenvalue weighted by atomic mass is 16.1. The molecule has 0 spiro atoms. The van der Waals surface area contributed by atoms with Gasteiger partial charge in [-0.05, 0) is 38.5 Å². The first-order chi connectivity index (χ1) is 7.13. The smallest absolute Gasteiger partial charge is 0.185 e. The van der Waals surface area contributed by atoms with Crippen molar-refractivity contribution in [1.29, 1.82) is 0 Å². The fourth-order valence-corrected chi connectivity index (χ4v) is 1.35. The van der Waals surface area contributed by atoms with Crippen LogP contribution in [-0.4, -0.2) is 12.3 Å². The number of nitrogens with two attached hydrogens (primary N) is 1. The van der Waals surface area contributed by atoms with Crippen molar-refractivity contribution in [3.63, 3.8) is 0 Å². The summed E-state index contributed by atoms with van der Waals surface area (Å²) in [5.41, 5.74) is 8.37. The lowest BCUT2D eigenvalue weighted by Crippen LogP contribution is -2.03. The summed E-state index contributed by atoms with van der Waals surface area (Å²) in [5, 5.41) is 0. The molecule has 1 rings (SSSR count). The van der Waals surface area contributed by atoms with E-state index in [4.69, 9.17) is 5.73 Å². The molecular weight excluding hydrogens is 186 g/mol. The summed E-state index contributed by atoms with van der Waals surface area (Å²) in [5.74, 6) is 0.0642. The van der Waals surface area contributed by atoms with Crippen LogP contribution in [0.4, 0.5) is 0 Å². The van der Waals surface area contributed by atoms with Gasteiger partial charge < -0.3 is 5.73 Å². The third kappa shape index (κ3) is 3.68. The van der Waals surface area contributed by atoms with E-state index < -0.39 is 0 Å². The van der Waals surface area contributed by atoms with Crippen molar-refractivity contribution >= 4 is 5.78 Å². The Hall–Kier alpha value is -1.41. The van der Waals surface area contributed by atoms with Crippen LogP contribution in [0, 0.1) is 0 Å². The number of carbonyl (C=O) groups excluding carboxylic acids is 1. The minimum atomic E-state index is 0.0642. The number of hydrogen-bond acceptors (Lipinski definition) is 2. The van der Waals surface area contributed by atoms with Gasteiger partial charge in [-0.2, -0.15) is 0 Å². The van der Waals surface area contributed by atoms with Gasteiger partial charge in [0.1, 0.15) is 0 Å². The van der Waals surface area contributed by atoms with Gasteiger partial charge in [0.05, 0.1) is 0 Å². The van der Waals surface area contributed by atoms with Crippen molar-refractivity contribution in [3.05, 3.63) is 47.0 Å². The zero-order chi connectivity index (χ0) is 11.3. The molecule has 0 saturated carbocycles. The zero-order valence-electron chi connectivity index (χ0n) is 9.29. The molecule has 1 aromatic rings. The van der Waals surface area contributed by atoms with Crippen molar-refractivity contribution < 1.29 is 4.79 Å². The standard InChI is InChI=1S/C13H17NO/c1-10(2)9-13(15)12-5-3-11(4-6-12)7-8-14/h3-6,9H,7-8,14H2,1-2H3. The number of ketones is 1. The Balaban J connectivity index is 2.80. The van der Waals surface area contributed by atoms with Gasteiger partial charge >= 0.3 is 0 Å². The molecule has 0 aromatic heterocycles. The lowest BCUT2D eigenvalue weighted by atomic mass is 10.1. The average molecular weight is 203 g/mol. The highest BCUT2D eigenvalue weighted by molar-refractivity contribution is 6.04. The van der Waals surface area contributed by atoms with Crippen molar-refractivity contribution in [3.8, 4) is 0 Å². The maximum absolute atomic E-state index is 11.6. The molecule has 80 valence electrons. The van der Waals surface area contributed by atoms with Crippen LogP contribution < -0.4 is 5.73 Å². The van der Waals surface area contributed by atoms with Crippen LogP contribution in [-0.2, 0) is 6.42 Å². The van der Waals surface area contributed by atoms with Gasteiger partial charge in [0, 0.05) is 5.56 Å². The van der Waals surface area contributed by atoms with Gasteiger partial charge in [-0.3, -0.25) is 4.79 Å². The minimum Gasteiger partial charge on any atom is -0.330 e. The Bertz CT molecular complexity index is 359. The first kappa shape index (κ1) is 11.7. The molecule has 0 amide bonds. The SMILES string of the molecule is CC(C)=CC(=O)c1ccc(CCN)cc1. The van der Waals surface area contributed by atoms with Gasteiger partial charge in [0.2, 0.25) is 0 Å². The number of allylic oxidation sites excluding steroid dienone is 2. The molecule has 0 heterocycles. The van der Waals surface area contributed by atoms with Gasteiger partial charge in [0.25, 0.3) is 0 Å². The number of hydrogen-bond donors (Lipinski definition) is 1. The Labute approximate surface area is 90.8 Å². The molecule has 0 radical (unpaired) electrons. The molecule has 0 aliphatic heterocycles. The Morgan fingerprint density at radius 1 is 1.27 bits per heavy atom. The van der Waals surface area contributed by atoms with Crippen LogP contribution in [0.2, 0.25) is 0 Å². The van der Waals surface area contributed by atoms with Crippen molar-refractivity contribution in [2.75, 3.05) is 6.54 Å². The van der Waals surface area contributed by atoms with Gasteiger partial charge in [-0.15, -0.1) is 0 Å². The van der Waals surface area contributed by atoms with E-state index in [0.717, 1.165) is 17.6 Å². The highest BCUT2D eigenvalue weighted by Crippen LogP contribution is 2.07. The van der Waals surface area contributed by atoms with Crippen LogP contribution in [0.15, 0.2) is 35.9 Å². The second-order valence-corrected chi connectivity index (χ2v) is 3.82. The maximum atomic E-state index is 11.6. The Morgan fingerprint density at radius 3 is 2.33 bits per heavy atom. The van der Waals surface area contributed by atoms with E-state index in [1.807, 2.05) is 38.1 Å². The molecule has 0 aliphatic carbocycles. The van der Waals surface area contributed by atoms with Crippen LogP contribution in [0.3, 0.4) is 0 Å². The summed E-state index contributed by atoms with van der Waals surface area (Å²) in [4.78, 5) is 11.6. The van der Waals surface area contributed by atoms with Crippen molar-refractivity contribution in [2.24, 2.45) is 5.73 Å². The monoisotopic (exact) mass is 203 g/mol. The van der Waals surface area contributed by atoms with E-state index in [2.05, 4.69) is 0 Å².